The smallest absolute Gasteiger partial charge is 0.320 e. The van der Waals surface area contributed by atoms with Crippen molar-refractivity contribution >= 4 is 5.97 Å². The summed E-state index contributed by atoms with van der Waals surface area (Å²) >= 11 is 0. The fourth-order valence-electron chi connectivity index (χ4n) is 3.90. The maximum absolute atomic E-state index is 13.5. The van der Waals surface area contributed by atoms with Crippen LogP contribution in [-0.4, -0.2) is 49.9 Å². The summed E-state index contributed by atoms with van der Waals surface area (Å²) in [6.45, 7) is 0.608. The Morgan fingerprint density at radius 3 is 2.32 bits per heavy atom. The zero-order valence-corrected chi connectivity index (χ0v) is 16.1. The molecular formula is C21H24FNO5. The normalized spacial score (nSPS) is 17.9. The van der Waals surface area contributed by atoms with Gasteiger partial charge in [-0.2, -0.15) is 0 Å². The lowest BCUT2D eigenvalue weighted by Gasteiger charge is -2.33. The number of carboxylic acid groups (broad SMARTS) is 1. The minimum Gasteiger partial charge on any atom is -0.493 e. The molecule has 28 heavy (non-hydrogen) atoms. The monoisotopic (exact) mass is 389 g/mol. The Balaban J connectivity index is 2.20. The van der Waals surface area contributed by atoms with E-state index < -0.39 is 18.1 Å². The van der Waals surface area contributed by atoms with Crippen LogP contribution in [0.2, 0.25) is 0 Å². The summed E-state index contributed by atoms with van der Waals surface area (Å²) < 4.78 is 30.0. The van der Waals surface area contributed by atoms with Gasteiger partial charge in [-0.25, -0.2) is 4.39 Å². The van der Waals surface area contributed by atoms with Crippen molar-refractivity contribution in [3.8, 4) is 17.2 Å². The predicted octanol–water partition coefficient (Wildman–Crippen LogP) is 3.49. The van der Waals surface area contributed by atoms with Gasteiger partial charge in [-0.15, -0.1) is 0 Å². The molecule has 2 aromatic rings. The summed E-state index contributed by atoms with van der Waals surface area (Å²) in [6.07, 6.45) is 1.33. The van der Waals surface area contributed by atoms with Crippen LogP contribution >= 0.6 is 0 Å². The second-order valence-corrected chi connectivity index (χ2v) is 6.61. The Kier molecular flexibility index (Phi) is 6.04. The zero-order chi connectivity index (χ0) is 20.3. The lowest BCUT2D eigenvalue weighted by molar-refractivity contribution is -0.142. The van der Waals surface area contributed by atoms with Gasteiger partial charge in [0.1, 0.15) is 11.9 Å². The van der Waals surface area contributed by atoms with Crippen molar-refractivity contribution in [2.75, 3.05) is 27.9 Å². The van der Waals surface area contributed by atoms with Gasteiger partial charge in [0.05, 0.1) is 27.4 Å². The number of likely N-dealkylation sites (tertiary alicyclic amines) is 1. The van der Waals surface area contributed by atoms with E-state index in [9.17, 15) is 14.3 Å². The highest BCUT2D eigenvalue weighted by atomic mass is 19.1. The first kappa shape index (κ1) is 19.9. The van der Waals surface area contributed by atoms with E-state index in [0.29, 0.717) is 30.2 Å². The van der Waals surface area contributed by atoms with E-state index in [4.69, 9.17) is 14.2 Å². The third-order valence-corrected chi connectivity index (χ3v) is 5.13. The molecule has 0 bridgehead atoms. The standard InChI is InChI=1S/C21H24FNO5/c1-26-17-11-10-15(19(27-2)20(17)28-3)18(13-6-8-14(22)9-7-13)23-12-4-5-16(23)21(24)25/h6-11,16,18H,4-5,12H2,1-3H3,(H,24,25). The Labute approximate surface area is 163 Å². The molecule has 1 N–H and O–H groups in total. The zero-order valence-electron chi connectivity index (χ0n) is 16.1. The van der Waals surface area contributed by atoms with Crippen LogP contribution in [0.3, 0.4) is 0 Å². The quantitative estimate of drug-likeness (QED) is 0.782. The number of hydrogen-bond donors (Lipinski definition) is 1. The van der Waals surface area contributed by atoms with Crippen LogP contribution in [-0.2, 0) is 4.79 Å². The van der Waals surface area contributed by atoms with Crippen LogP contribution in [0.15, 0.2) is 36.4 Å². The summed E-state index contributed by atoms with van der Waals surface area (Å²) in [7, 11) is 4.59. The average molecular weight is 389 g/mol. The van der Waals surface area contributed by atoms with Gasteiger partial charge in [-0.1, -0.05) is 12.1 Å². The van der Waals surface area contributed by atoms with Crippen molar-refractivity contribution in [3.05, 3.63) is 53.3 Å². The van der Waals surface area contributed by atoms with Gasteiger partial charge in [0.2, 0.25) is 5.75 Å². The molecule has 1 saturated heterocycles. The van der Waals surface area contributed by atoms with Crippen LogP contribution in [0.1, 0.15) is 30.0 Å². The van der Waals surface area contributed by atoms with Gasteiger partial charge in [-0.05, 0) is 42.7 Å². The molecule has 1 heterocycles. The molecule has 2 unspecified atom stereocenters. The molecule has 0 radical (unpaired) electrons. The topological polar surface area (TPSA) is 68.2 Å². The highest BCUT2D eigenvalue weighted by molar-refractivity contribution is 5.74. The van der Waals surface area contributed by atoms with Gasteiger partial charge in [0.25, 0.3) is 0 Å². The van der Waals surface area contributed by atoms with E-state index >= 15 is 0 Å². The average Bonchev–Trinajstić information content (AvgIpc) is 3.18. The largest absolute Gasteiger partial charge is 0.493 e. The van der Waals surface area contributed by atoms with Crippen molar-refractivity contribution in [2.45, 2.75) is 24.9 Å². The minimum atomic E-state index is -0.871. The van der Waals surface area contributed by atoms with Crippen molar-refractivity contribution in [1.29, 1.82) is 0 Å². The molecular weight excluding hydrogens is 365 g/mol. The third kappa shape index (κ3) is 3.62. The molecule has 0 aromatic heterocycles. The maximum atomic E-state index is 13.5. The van der Waals surface area contributed by atoms with E-state index in [1.54, 1.807) is 18.2 Å². The summed E-state index contributed by atoms with van der Waals surface area (Å²) in [6, 6.07) is 8.64. The van der Waals surface area contributed by atoms with Crippen LogP contribution < -0.4 is 14.2 Å². The molecule has 1 aliphatic rings. The van der Waals surface area contributed by atoms with Crippen LogP contribution in [0.5, 0.6) is 17.2 Å². The number of halogens is 1. The number of benzene rings is 2. The SMILES string of the molecule is COc1ccc(C(c2ccc(F)cc2)N2CCCC2C(=O)O)c(OC)c1OC. The second kappa shape index (κ2) is 8.48. The molecule has 6 nitrogen and oxygen atoms in total. The van der Waals surface area contributed by atoms with E-state index in [0.717, 1.165) is 17.5 Å². The Morgan fingerprint density at radius 2 is 1.75 bits per heavy atom. The molecule has 1 aliphatic heterocycles. The molecule has 0 saturated carbocycles. The van der Waals surface area contributed by atoms with Crippen molar-refractivity contribution < 1.29 is 28.5 Å². The van der Waals surface area contributed by atoms with Gasteiger partial charge in [0, 0.05) is 12.1 Å². The van der Waals surface area contributed by atoms with Crippen molar-refractivity contribution in [1.82, 2.24) is 4.90 Å². The number of nitrogens with zero attached hydrogens (tertiary/aromatic N) is 1. The van der Waals surface area contributed by atoms with E-state index in [1.807, 2.05) is 11.0 Å². The molecule has 3 rings (SSSR count). The van der Waals surface area contributed by atoms with E-state index in [1.165, 1.54) is 33.5 Å². The number of carbonyl (C=O) groups is 1. The molecule has 2 aromatic carbocycles. The number of hydrogen-bond acceptors (Lipinski definition) is 5. The van der Waals surface area contributed by atoms with Gasteiger partial charge >= 0.3 is 5.97 Å². The molecule has 0 spiro atoms. The molecule has 0 amide bonds. The number of aliphatic carboxylic acids is 1. The summed E-state index contributed by atoms with van der Waals surface area (Å²) in [5.74, 6) is 0.187. The minimum absolute atomic E-state index is 0.349. The highest BCUT2D eigenvalue weighted by Gasteiger charge is 2.38. The Morgan fingerprint density at radius 1 is 1.07 bits per heavy atom. The van der Waals surface area contributed by atoms with Crippen LogP contribution in [0.4, 0.5) is 4.39 Å². The van der Waals surface area contributed by atoms with E-state index in [-0.39, 0.29) is 5.82 Å². The van der Waals surface area contributed by atoms with Gasteiger partial charge < -0.3 is 19.3 Å². The van der Waals surface area contributed by atoms with Crippen LogP contribution in [0.25, 0.3) is 0 Å². The Hall–Kier alpha value is -2.80. The second-order valence-electron chi connectivity index (χ2n) is 6.61. The molecule has 150 valence electrons. The predicted molar refractivity (Wildman–Crippen MR) is 102 cm³/mol. The molecule has 1 fully saturated rings. The lowest BCUT2D eigenvalue weighted by atomic mass is 9.94. The summed E-state index contributed by atoms with van der Waals surface area (Å²) in [5, 5.41) is 9.70. The number of methoxy groups -OCH3 is 3. The first-order valence-corrected chi connectivity index (χ1v) is 9.04. The number of ether oxygens (including phenoxy) is 3. The molecule has 0 aliphatic carbocycles. The third-order valence-electron chi connectivity index (χ3n) is 5.13. The summed E-state index contributed by atoms with van der Waals surface area (Å²) in [4.78, 5) is 13.7. The molecule has 7 heteroatoms. The van der Waals surface area contributed by atoms with Crippen LogP contribution in [0, 0.1) is 5.82 Å². The fourth-order valence-corrected chi connectivity index (χ4v) is 3.90. The van der Waals surface area contributed by atoms with Gasteiger partial charge in [-0.3, -0.25) is 9.69 Å². The highest BCUT2D eigenvalue weighted by Crippen LogP contribution is 2.46. The van der Waals surface area contributed by atoms with Crippen molar-refractivity contribution in [3.63, 3.8) is 0 Å². The Bertz CT molecular complexity index is 839. The van der Waals surface area contributed by atoms with E-state index in [2.05, 4.69) is 0 Å². The number of carboxylic acids is 1. The summed E-state index contributed by atoms with van der Waals surface area (Å²) in [5.41, 5.74) is 1.51. The fraction of sp³-hybridized carbons (Fsp3) is 0.381. The number of rotatable bonds is 7. The lowest BCUT2D eigenvalue weighted by Crippen LogP contribution is -2.39. The first-order chi connectivity index (χ1) is 13.5. The van der Waals surface area contributed by atoms with Crippen molar-refractivity contribution in [2.24, 2.45) is 0 Å². The van der Waals surface area contributed by atoms with Gasteiger partial charge in [0.15, 0.2) is 11.5 Å². The first-order valence-electron chi connectivity index (χ1n) is 9.04. The maximum Gasteiger partial charge on any atom is 0.320 e. The molecule has 2 atom stereocenters.